The molecule has 0 spiro atoms. The maximum absolute atomic E-state index is 11.8. The first kappa shape index (κ1) is 15.4. The van der Waals surface area contributed by atoms with Crippen LogP contribution >= 0.6 is 11.8 Å². The summed E-state index contributed by atoms with van der Waals surface area (Å²) in [5.41, 5.74) is 7.27. The predicted octanol–water partition coefficient (Wildman–Crippen LogP) is 3.96. The van der Waals surface area contributed by atoms with E-state index >= 15 is 0 Å². The molecule has 3 aromatic rings. The van der Waals surface area contributed by atoms with E-state index in [4.69, 9.17) is 10.5 Å². The number of aromatic nitrogens is 1. The maximum atomic E-state index is 11.8. The molecule has 0 saturated carbocycles. The van der Waals surface area contributed by atoms with Gasteiger partial charge < -0.3 is 10.5 Å². The number of nitrogens with two attached hydrogens (primary N) is 1. The minimum absolute atomic E-state index is 0.270. The summed E-state index contributed by atoms with van der Waals surface area (Å²) in [5.74, 6) is 1.15. The van der Waals surface area contributed by atoms with Gasteiger partial charge in [0.05, 0.1) is 10.4 Å². The number of nitrogens with zero attached hydrogens (tertiary/aromatic N) is 2. The highest BCUT2D eigenvalue weighted by Gasteiger charge is 2.19. The van der Waals surface area contributed by atoms with Crippen LogP contribution in [0.15, 0.2) is 70.7 Å². The molecule has 5 nitrogen and oxygen atoms in total. The molecule has 1 aliphatic heterocycles. The van der Waals surface area contributed by atoms with Gasteiger partial charge in [0.25, 0.3) is 5.91 Å². The third-order valence-corrected chi connectivity index (χ3v) is 4.44. The molecule has 2 aromatic carbocycles. The van der Waals surface area contributed by atoms with Crippen molar-refractivity contribution in [2.45, 2.75) is 0 Å². The van der Waals surface area contributed by atoms with Crippen LogP contribution in [-0.4, -0.2) is 16.1 Å². The van der Waals surface area contributed by atoms with E-state index in [-0.39, 0.29) is 11.1 Å². The number of para-hydroxylation sites is 1. The minimum atomic E-state index is -0.311. The smallest absolute Gasteiger partial charge is 0.286 e. The summed E-state index contributed by atoms with van der Waals surface area (Å²) in [6, 6.07) is 17.1. The SMILES string of the molecule is NC1=NC(=O)/C(=C\c2ccc3nccc(Oc4ccccc4)c3c2)S1. The van der Waals surface area contributed by atoms with E-state index in [1.54, 1.807) is 12.3 Å². The second-order valence-corrected chi connectivity index (χ2v) is 6.43. The number of hydrogen-bond acceptors (Lipinski definition) is 5. The lowest BCUT2D eigenvalue weighted by Gasteiger charge is -2.09. The van der Waals surface area contributed by atoms with Gasteiger partial charge in [-0.15, -0.1) is 0 Å². The maximum Gasteiger partial charge on any atom is 0.286 e. The van der Waals surface area contributed by atoms with Crippen molar-refractivity contribution in [3.63, 3.8) is 0 Å². The summed E-state index contributed by atoms with van der Waals surface area (Å²) in [6.07, 6.45) is 3.48. The summed E-state index contributed by atoms with van der Waals surface area (Å²) >= 11 is 1.17. The highest BCUT2D eigenvalue weighted by Crippen LogP contribution is 2.31. The Morgan fingerprint density at radius 3 is 2.68 bits per heavy atom. The highest BCUT2D eigenvalue weighted by molar-refractivity contribution is 8.18. The Morgan fingerprint density at radius 1 is 1.08 bits per heavy atom. The van der Waals surface area contributed by atoms with Gasteiger partial charge in [0, 0.05) is 11.6 Å². The molecular formula is C19H13N3O2S. The van der Waals surface area contributed by atoms with Crippen LogP contribution in [0.3, 0.4) is 0 Å². The average molecular weight is 347 g/mol. The lowest BCUT2D eigenvalue weighted by molar-refractivity contribution is -0.113. The Kier molecular flexibility index (Phi) is 3.95. The van der Waals surface area contributed by atoms with Crippen LogP contribution in [0.5, 0.6) is 11.5 Å². The Hall–Kier alpha value is -3.12. The number of carbonyl (C=O) groups excluding carboxylic acids is 1. The van der Waals surface area contributed by atoms with E-state index in [9.17, 15) is 4.79 Å². The van der Waals surface area contributed by atoms with Gasteiger partial charge >= 0.3 is 0 Å². The van der Waals surface area contributed by atoms with E-state index in [1.807, 2.05) is 54.6 Å². The van der Waals surface area contributed by atoms with Crippen molar-refractivity contribution in [2.75, 3.05) is 0 Å². The molecule has 0 radical (unpaired) electrons. The summed E-state index contributed by atoms with van der Waals surface area (Å²) in [5, 5.41) is 1.14. The van der Waals surface area contributed by atoms with E-state index in [0.717, 1.165) is 22.2 Å². The standard InChI is InChI=1S/C19H13N3O2S/c20-19-22-18(23)17(25-19)11-12-6-7-15-14(10-12)16(8-9-21-15)24-13-4-2-1-3-5-13/h1-11H,(H2,20,22,23)/b17-11+. The zero-order chi connectivity index (χ0) is 17.2. The van der Waals surface area contributed by atoms with Gasteiger partial charge in [-0.3, -0.25) is 9.78 Å². The van der Waals surface area contributed by atoms with Crippen LogP contribution in [0.4, 0.5) is 0 Å². The number of thioether (sulfide) groups is 1. The van der Waals surface area contributed by atoms with Crippen molar-refractivity contribution in [1.29, 1.82) is 0 Å². The number of benzene rings is 2. The molecule has 0 saturated heterocycles. The lowest BCUT2D eigenvalue weighted by Crippen LogP contribution is -2.01. The molecule has 1 aromatic heterocycles. The summed E-state index contributed by atoms with van der Waals surface area (Å²) in [7, 11) is 0. The Balaban J connectivity index is 1.73. The highest BCUT2D eigenvalue weighted by atomic mass is 32.2. The van der Waals surface area contributed by atoms with Crippen molar-refractivity contribution in [1.82, 2.24) is 4.98 Å². The number of ether oxygens (including phenoxy) is 1. The van der Waals surface area contributed by atoms with Gasteiger partial charge in [-0.2, -0.15) is 4.99 Å². The third kappa shape index (κ3) is 3.25. The van der Waals surface area contributed by atoms with E-state index in [2.05, 4.69) is 9.98 Å². The van der Waals surface area contributed by atoms with Crippen LogP contribution in [0, 0.1) is 0 Å². The van der Waals surface area contributed by atoms with E-state index in [0.29, 0.717) is 10.7 Å². The van der Waals surface area contributed by atoms with Gasteiger partial charge in [0.15, 0.2) is 5.17 Å². The Morgan fingerprint density at radius 2 is 1.92 bits per heavy atom. The molecular weight excluding hydrogens is 334 g/mol. The van der Waals surface area contributed by atoms with Gasteiger partial charge in [-0.1, -0.05) is 24.3 Å². The number of rotatable bonds is 3. The van der Waals surface area contributed by atoms with Crippen LogP contribution in [0.2, 0.25) is 0 Å². The normalized spacial score (nSPS) is 15.6. The molecule has 122 valence electrons. The van der Waals surface area contributed by atoms with Gasteiger partial charge in [-0.25, -0.2) is 0 Å². The number of aliphatic imine (C=N–C) groups is 1. The quantitative estimate of drug-likeness (QED) is 0.726. The second kappa shape index (κ2) is 6.41. The van der Waals surface area contributed by atoms with Crippen molar-refractivity contribution in [2.24, 2.45) is 10.7 Å². The fourth-order valence-electron chi connectivity index (χ4n) is 2.51. The molecule has 0 unspecified atom stereocenters. The molecule has 2 heterocycles. The first-order chi connectivity index (χ1) is 12.2. The summed E-state index contributed by atoms with van der Waals surface area (Å²) in [4.78, 5) is 20.4. The summed E-state index contributed by atoms with van der Waals surface area (Å²) < 4.78 is 5.98. The number of carbonyl (C=O) groups is 1. The zero-order valence-corrected chi connectivity index (χ0v) is 13.9. The number of fused-ring (bicyclic) bond motifs is 1. The number of amidine groups is 1. The van der Waals surface area contributed by atoms with E-state index < -0.39 is 0 Å². The lowest BCUT2D eigenvalue weighted by atomic mass is 10.1. The molecule has 2 N–H and O–H groups in total. The largest absolute Gasteiger partial charge is 0.457 e. The molecule has 0 aliphatic carbocycles. The van der Waals surface area contributed by atoms with Crippen molar-refractivity contribution < 1.29 is 9.53 Å². The first-order valence-corrected chi connectivity index (χ1v) is 8.40. The van der Waals surface area contributed by atoms with Crippen molar-refractivity contribution in [3.8, 4) is 11.5 Å². The third-order valence-electron chi connectivity index (χ3n) is 3.63. The molecule has 0 atom stereocenters. The average Bonchev–Trinajstić information content (AvgIpc) is 2.93. The molecule has 0 bridgehead atoms. The van der Waals surface area contributed by atoms with Crippen LogP contribution in [0.1, 0.15) is 5.56 Å². The van der Waals surface area contributed by atoms with Crippen molar-refractivity contribution in [3.05, 3.63) is 71.3 Å². The molecule has 6 heteroatoms. The molecule has 4 rings (SSSR count). The summed E-state index contributed by atoms with van der Waals surface area (Å²) in [6.45, 7) is 0. The Bertz CT molecular complexity index is 1030. The van der Waals surface area contributed by atoms with Gasteiger partial charge in [0.2, 0.25) is 0 Å². The molecule has 25 heavy (non-hydrogen) atoms. The zero-order valence-electron chi connectivity index (χ0n) is 13.0. The molecule has 1 amide bonds. The fourth-order valence-corrected chi connectivity index (χ4v) is 3.19. The van der Waals surface area contributed by atoms with Gasteiger partial charge in [-0.05, 0) is 53.7 Å². The fraction of sp³-hybridized carbons (Fsp3) is 0. The monoisotopic (exact) mass is 347 g/mol. The first-order valence-electron chi connectivity index (χ1n) is 7.59. The molecule has 1 aliphatic rings. The molecule has 0 fully saturated rings. The topological polar surface area (TPSA) is 77.6 Å². The Labute approximate surface area is 148 Å². The van der Waals surface area contributed by atoms with E-state index in [1.165, 1.54) is 11.8 Å². The predicted molar refractivity (Wildman–Crippen MR) is 100 cm³/mol. The number of hydrogen-bond donors (Lipinski definition) is 1. The van der Waals surface area contributed by atoms with Crippen LogP contribution in [0.25, 0.3) is 17.0 Å². The second-order valence-electron chi connectivity index (χ2n) is 5.37. The number of amides is 1. The van der Waals surface area contributed by atoms with Crippen molar-refractivity contribution >= 4 is 39.8 Å². The van der Waals surface area contributed by atoms with Crippen LogP contribution in [-0.2, 0) is 4.79 Å². The minimum Gasteiger partial charge on any atom is -0.457 e. The number of pyridine rings is 1. The van der Waals surface area contributed by atoms with Crippen LogP contribution < -0.4 is 10.5 Å². The van der Waals surface area contributed by atoms with Gasteiger partial charge in [0.1, 0.15) is 11.5 Å².